The Labute approximate surface area is 148 Å². The number of guanidine groups is 1. The van der Waals surface area contributed by atoms with E-state index in [0.29, 0.717) is 34.1 Å². The van der Waals surface area contributed by atoms with Crippen LogP contribution in [0, 0.1) is 5.21 Å². The Hall–Kier alpha value is -3.03. The molecule has 0 atom stereocenters. The number of H-pyrrole nitrogens is 1. The Kier molecular flexibility index (Phi) is 4.01. The van der Waals surface area contributed by atoms with E-state index < -0.39 is 0 Å². The molecule has 0 bridgehead atoms. The van der Waals surface area contributed by atoms with Crippen LogP contribution in [0.1, 0.15) is 5.56 Å². The van der Waals surface area contributed by atoms with Crippen LogP contribution in [-0.2, 0) is 6.54 Å². The summed E-state index contributed by atoms with van der Waals surface area (Å²) in [4.78, 5) is 4.40. The van der Waals surface area contributed by atoms with E-state index in [1.54, 1.807) is 18.5 Å². The van der Waals surface area contributed by atoms with E-state index in [4.69, 9.17) is 11.6 Å². The number of hydrogen-bond acceptors (Lipinski definition) is 4. The summed E-state index contributed by atoms with van der Waals surface area (Å²) in [6, 6.07) is 13.0. The molecule has 3 aromatic rings. The molecule has 0 amide bonds. The number of aliphatic imine (C=N–C) groups is 1. The molecule has 8 heteroatoms. The Balaban J connectivity index is 1.56. The van der Waals surface area contributed by atoms with Crippen LogP contribution < -0.4 is 15.9 Å². The van der Waals surface area contributed by atoms with Crippen LogP contribution in [0.2, 0.25) is 5.02 Å². The maximum atomic E-state index is 12.3. The molecule has 0 saturated carbocycles. The van der Waals surface area contributed by atoms with Crippen LogP contribution in [0.4, 0.5) is 11.4 Å². The summed E-state index contributed by atoms with van der Waals surface area (Å²) in [5.74, 6) is 0.388. The van der Waals surface area contributed by atoms with E-state index in [1.807, 2.05) is 36.4 Å². The number of hydrazine groups is 1. The molecular formula is C17H14ClN6O-. The number of nitrogens with one attached hydrogen (secondary N) is 3. The highest BCUT2D eigenvalue weighted by atomic mass is 35.5. The van der Waals surface area contributed by atoms with E-state index in [-0.39, 0.29) is 0 Å². The number of benzene rings is 2. The molecular weight excluding hydrogens is 340 g/mol. The van der Waals surface area contributed by atoms with Crippen molar-refractivity contribution in [3.63, 3.8) is 0 Å². The summed E-state index contributed by atoms with van der Waals surface area (Å²) < 4.78 is 0. The lowest BCUT2D eigenvalue weighted by Crippen LogP contribution is -2.46. The molecule has 1 aliphatic heterocycles. The van der Waals surface area contributed by atoms with Crippen molar-refractivity contribution in [1.29, 1.82) is 0 Å². The van der Waals surface area contributed by atoms with Gasteiger partial charge in [0.2, 0.25) is 5.96 Å². The predicted molar refractivity (Wildman–Crippen MR) is 99.2 cm³/mol. The minimum atomic E-state index is 0.388. The predicted octanol–water partition coefficient (Wildman–Crippen LogP) is 3.52. The number of aromatic amines is 1. The van der Waals surface area contributed by atoms with Gasteiger partial charge in [-0.05, 0) is 35.4 Å². The molecule has 4 rings (SSSR count). The standard InChI is InChI=1S/C17H14ClN6O/c18-14-3-1-2-11(6-14)8-19-17-22-15-5-4-12(13-9-20-21-10-13)7-16(15)24(25)23-17/h1-7,9-10H,8H2,(H,20,21)(H2,19,22,23)/q-1. The maximum absolute atomic E-state index is 12.3. The quantitative estimate of drug-likeness (QED) is 0.670. The van der Waals surface area contributed by atoms with E-state index >= 15 is 0 Å². The van der Waals surface area contributed by atoms with Crippen molar-refractivity contribution in [3.05, 3.63) is 70.7 Å². The summed E-state index contributed by atoms with van der Waals surface area (Å²) in [6.07, 6.45) is 3.48. The molecule has 7 nitrogen and oxygen atoms in total. The zero-order chi connectivity index (χ0) is 17.2. The molecule has 126 valence electrons. The SMILES string of the molecule is [O-]N1NC(=NCc2cccc(Cl)c2)Nc2ccc(-c3cn[nH]c3)cc21. The molecule has 0 unspecified atom stereocenters. The molecule has 0 saturated heterocycles. The Morgan fingerprint density at radius 3 is 2.88 bits per heavy atom. The number of hydrogen-bond donors (Lipinski definition) is 3. The fourth-order valence-electron chi connectivity index (χ4n) is 2.59. The normalized spacial score (nSPS) is 14.8. The topological polar surface area (TPSA) is 91.4 Å². The first kappa shape index (κ1) is 15.5. The number of rotatable bonds is 3. The van der Waals surface area contributed by atoms with Crippen molar-refractivity contribution in [2.24, 2.45) is 4.99 Å². The largest absolute Gasteiger partial charge is 0.739 e. The van der Waals surface area contributed by atoms with Gasteiger partial charge in [0.15, 0.2) is 0 Å². The van der Waals surface area contributed by atoms with Gasteiger partial charge in [-0.1, -0.05) is 29.8 Å². The summed E-state index contributed by atoms with van der Waals surface area (Å²) >= 11 is 5.97. The van der Waals surface area contributed by atoms with Gasteiger partial charge in [-0.3, -0.25) is 10.5 Å². The van der Waals surface area contributed by atoms with Gasteiger partial charge in [0.05, 0.1) is 24.1 Å². The van der Waals surface area contributed by atoms with Crippen LogP contribution in [0.5, 0.6) is 0 Å². The highest BCUT2D eigenvalue weighted by Gasteiger charge is 2.15. The molecule has 0 fully saturated rings. The molecule has 2 aromatic carbocycles. The highest BCUT2D eigenvalue weighted by Crippen LogP contribution is 2.32. The first-order chi connectivity index (χ1) is 12.2. The number of fused-ring (bicyclic) bond motifs is 1. The van der Waals surface area contributed by atoms with Crippen LogP contribution >= 0.6 is 11.6 Å². The Morgan fingerprint density at radius 1 is 1.16 bits per heavy atom. The summed E-state index contributed by atoms with van der Waals surface area (Å²) in [5, 5.41) is 23.5. The van der Waals surface area contributed by atoms with Gasteiger partial charge in [-0.2, -0.15) is 5.10 Å². The van der Waals surface area contributed by atoms with Gasteiger partial charge in [-0.15, -0.1) is 0 Å². The van der Waals surface area contributed by atoms with Crippen molar-refractivity contribution in [2.45, 2.75) is 6.54 Å². The van der Waals surface area contributed by atoms with E-state index in [0.717, 1.165) is 16.7 Å². The Morgan fingerprint density at radius 2 is 2.08 bits per heavy atom. The van der Waals surface area contributed by atoms with Gasteiger partial charge >= 0.3 is 0 Å². The second-order valence-electron chi connectivity index (χ2n) is 5.54. The first-order valence-electron chi connectivity index (χ1n) is 7.62. The Bertz CT molecular complexity index is 925. The molecule has 2 heterocycles. The van der Waals surface area contributed by atoms with E-state index in [9.17, 15) is 5.21 Å². The van der Waals surface area contributed by atoms with Crippen molar-refractivity contribution < 1.29 is 0 Å². The minimum absolute atomic E-state index is 0.388. The molecule has 0 aliphatic carbocycles. The van der Waals surface area contributed by atoms with Crippen LogP contribution in [0.25, 0.3) is 11.1 Å². The lowest BCUT2D eigenvalue weighted by Gasteiger charge is -2.38. The summed E-state index contributed by atoms with van der Waals surface area (Å²) in [6.45, 7) is 0.409. The minimum Gasteiger partial charge on any atom is -0.739 e. The van der Waals surface area contributed by atoms with Crippen LogP contribution in [-0.4, -0.2) is 16.2 Å². The monoisotopic (exact) mass is 353 g/mol. The van der Waals surface area contributed by atoms with E-state index in [1.165, 1.54) is 0 Å². The molecule has 1 aromatic heterocycles. The fraction of sp³-hybridized carbons (Fsp3) is 0.0588. The van der Waals surface area contributed by atoms with Crippen molar-refractivity contribution in [1.82, 2.24) is 15.6 Å². The van der Waals surface area contributed by atoms with Crippen molar-refractivity contribution in [3.8, 4) is 11.1 Å². The van der Waals surface area contributed by atoms with Gasteiger partial charge in [-0.25, -0.2) is 4.99 Å². The zero-order valence-electron chi connectivity index (χ0n) is 13.0. The second kappa shape index (κ2) is 6.46. The van der Waals surface area contributed by atoms with Gasteiger partial charge in [0.1, 0.15) is 0 Å². The lowest BCUT2D eigenvalue weighted by atomic mass is 10.1. The number of anilines is 2. The molecule has 3 N–H and O–H groups in total. The average Bonchev–Trinajstić information content (AvgIpc) is 3.14. The van der Waals surface area contributed by atoms with Crippen molar-refractivity contribution in [2.75, 3.05) is 10.5 Å². The maximum Gasteiger partial charge on any atom is 0.214 e. The van der Waals surface area contributed by atoms with Crippen molar-refractivity contribution >= 4 is 28.9 Å². The molecule has 0 radical (unpaired) electrons. The van der Waals surface area contributed by atoms with Gasteiger partial charge in [0, 0.05) is 16.8 Å². The van der Waals surface area contributed by atoms with Crippen LogP contribution in [0.3, 0.4) is 0 Å². The number of aromatic nitrogens is 2. The lowest BCUT2D eigenvalue weighted by molar-refractivity contribution is 0.890. The fourth-order valence-corrected chi connectivity index (χ4v) is 2.80. The van der Waals surface area contributed by atoms with E-state index in [2.05, 4.69) is 25.9 Å². The van der Waals surface area contributed by atoms with Gasteiger partial charge in [0.25, 0.3) is 0 Å². The zero-order valence-corrected chi connectivity index (χ0v) is 13.8. The second-order valence-corrected chi connectivity index (χ2v) is 5.98. The number of nitrogens with zero attached hydrogens (tertiary/aromatic N) is 3. The first-order valence-corrected chi connectivity index (χ1v) is 8.00. The van der Waals surface area contributed by atoms with Crippen LogP contribution in [0.15, 0.2) is 59.9 Å². The molecule has 0 spiro atoms. The average molecular weight is 354 g/mol. The highest BCUT2D eigenvalue weighted by molar-refractivity contribution is 6.30. The van der Waals surface area contributed by atoms with Gasteiger partial charge < -0.3 is 15.7 Å². The molecule has 1 aliphatic rings. The number of halogens is 1. The smallest absolute Gasteiger partial charge is 0.214 e. The third-order valence-electron chi connectivity index (χ3n) is 3.82. The summed E-state index contributed by atoms with van der Waals surface area (Å²) in [7, 11) is 0. The molecule has 25 heavy (non-hydrogen) atoms. The third-order valence-corrected chi connectivity index (χ3v) is 4.05. The summed E-state index contributed by atoms with van der Waals surface area (Å²) in [5.41, 5.74) is 6.64. The third kappa shape index (κ3) is 3.28.